The molecule has 0 saturated carbocycles. The predicted octanol–water partition coefficient (Wildman–Crippen LogP) is 5.92. The maximum absolute atomic E-state index is 12.3. The van der Waals surface area contributed by atoms with Crippen LogP contribution >= 0.6 is 35.0 Å². The lowest BCUT2D eigenvalue weighted by Gasteiger charge is -2.32. The minimum absolute atomic E-state index is 0.197. The van der Waals surface area contributed by atoms with E-state index < -0.39 is 0 Å². The van der Waals surface area contributed by atoms with Crippen LogP contribution in [0.5, 0.6) is 0 Å². The Hall–Kier alpha value is -1.75. The fraction of sp³-hybridized carbons (Fsp3) is 0.273. The molecule has 0 spiro atoms. The Balaban J connectivity index is 1.37. The van der Waals surface area contributed by atoms with E-state index >= 15 is 0 Å². The van der Waals surface area contributed by atoms with E-state index in [2.05, 4.69) is 40.2 Å². The van der Waals surface area contributed by atoms with Crippen molar-refractivity contribution < 1.29 is 4.79 Å². The molecule has 2 heterocycles. The molecule has 4 rings (SSSR count). The SMILES string of the molecule is O=C1N=C(N2CCC(Cc3ccccc3)CC2)S/C1=C\c1ccc(Cl)cc1Cl. The molecule has 2 aliphatic heterocycles. The van der Waals surface area contributed by atoms with Crippen LogP contribution in [0.2, 0.25) is 10.0 Å². The normalized spacial score (nSPS) is 19.4. The Morgan fingerprint density at radius 1 is 1.11 bits per heavy atom. The molecule has 0 bridgehead atoms. The molecule has 2 aromatic carbocycles. The van der Waals surface area contributed by atoms with Crippen LogP contribution in [0.4, 0.5) is 0 Å². The molecule has 0 radical (unpaired) electrons. The van der Waals surface area contributed by atoms with E-state index in [1.807, 2.05) is 6.07 Å². The van der Waals surface area contributed by atoms with Crippen molar-refractivity contribution >= 4 is 52.1 Å². The lowest BCUT2D eigenvalue weighted by molar-refractivity contribution is -0.113. The number of benzene rings is 2. The second-order valence-corrected chi connectivity index (χ2v) is 8.95. The number of likely N-dealkylation sites (tertiary alicyclic amines) is 1. The highest BCUT2D eigenvalue weighted by Crippen LogP contribution is 2.34. The molecular formula is C22H20Cl2N2OS. The van der Waals surface area contributed by atoms with E-state index in [0.717, 1.165) is 43.1 Å². The first kappa shape index (κ1) is 19.6. The van der Waals surface area contributed by atoms with Crippen molar-refractivity contribution in [3.63, 3.8) is 0 Å². The summed E-state index contributed by atoms with van der Waals surface area (Å²) in [5.41, 5.74) is 2.17. The smallest absolute Gasteiger partial charge is 0.286 e. The molecule has 1 saturated heterocycles. The summed E-state index contributed by atoms with van der Waals surface area (Å²) in [6.07, 6.45) is 5.15. The highest BCUT2D eigenvalue weighted by atomic mass is 35.5. The summed E-state index contributed by atoms with van der Waals surface area (Å²) in [5.74, 6) is 0.488. The van der Waals surface area contributed by atoms with E-state index in [-0.39, 0.29) is 5.91 Å². The third-order valence-corrected chi connectivity index (χ3v) is 6.72. The Morgan fingerprint density at radius 2 is 1.86 bits per heavy atom. The highest BCUT2D eigenvalue weighted by Gasteiger charge is 2.29. The number of thioether (sulfide) groups is 1. The summed E-state index contributed by atoms with van der Waals surface area (Å²) in [6, 6.07) is 15.9. The van der Waals surface area contributed by atoms with E-state index in [9.17, 15) is 4.79 Å². The van der Waals surface area contributed by atoms with Crippen LogP contribution in [0, 0.1) is 5.92 Å². The molecule has 0 aliphatic carbocycles. The number of hydrogen-bond donors (Lipinski definition) is 0. The molecule has 0 atom stereocenters. The van der Waals surface area contributed by atoms with Gasteiger partial charge in [-0.25, -0.2) is 0 Å². The third kappa shape index (κ3) is 4.62. The van der Waals surface area contributed by atoms with Crippen molar-refractivity contribution in [3.05, 3.63) is 74.6 Å². The van der Waals surface area contributed by atoms with Crippen LogP contribution in [0.25, 0.3) is 6.08 Å². The largest absolute Gasteiger partial charge is 0.351 e. The average molecular weight is 431 g/mol. The quantitative estimate of drug-likeness (QED) is 0.566. The van der Waals surface area contributed by atoms with Crippen molar-refractivity contribution in [1.82, 2.24) is 4.90 Å². The van der Waals surface area contributed by atoms with Gasteiger partial charge in [0.05, 0.1) is 4.91 Å². The maximum atomic E-state index is 12.3. The van der Waals surface area contributed by atoms with Crippen LogP contribution in [-0.2, 0) is 11.2 Å². The Kier molecular flexibility index (Phi) is 6.10. The molecule has 2 aliphatic rings. The molecule has 6 heteroatoms. The summed E-state index contributed by atoms with van der Waals surface area (Å²) < 4.78 is 0. The Labute approximate surface area is 179 Å². The van der Waals surface area contributed by atoms with Gasteiger partial charge in [-0.1, -0.05) is 59.6 Å². The topological polar surface area (TPSA) is 32.7 Å². The third-order valence-electron chi connectivity index (χ3n) is 5.11. The van der Waals surface area contributed by atoms with Crippen LogP contribution in [0.3, 0.4) is 0 Å². The lowest BCUT2D eigenvalue weighted by Crippen LogP contribution is -2.37. The van der Waals surface area contributed by atoms with Crippen molar-refractivity contribution in [2.45, 2.75) is 19.3 Å². The average Bonchev–Trinajstić information content (AvgIpc) is 3.06. The minimum Gasteiger partial charge on any atom is -0.351 e. The second-order valence-electron chi connectivity index (χ2n) is 7.10. The molecule has 1 fully saturated rings. The van der Waals surface area contributed by atoms with Crippen molar-refractivity contribution in [1.29, 1.82) is 0 Å². The van der Waals surface area contributed by atoms with Gasteiger partial charge in [0, 0.05) is 23.1 Å². The zero-order valence-corrected chi connectivity index (χ0v) is 17.6. The summed E-state index contributed by atoms with van der Waals surface area (Å²) in [4.78, 5) is 19.5. The molecule has 2 aromatic rings. The molecule has 1 amide bonds. The standard InChI is InChI=1S/C22H20Cl2N2OS/c23-18-7-6-17(19(24)14-18)13-20-21(27)25-22(28-20)26-10-8-16(9-11-26)12-15-4-2-1-3-5-15/h1-7,13-14,16H,8-12H2/b20-13-. The van der Waals surface area contributed by atoms with Gasteiger partial charge in [-0.15, -0.1) is 0 Å². The van der Waals surface area contributed by atoms with Gasteiger partial charge in [0.25, 0.3) is 5.91 Å². The van der Waals surface area contributed by atoms with Crippen molar-refractivity contribution in [2.24, 2.45) is 10.9 Å². The van der Waals surface area contributed by atoms with Crippen LogP contribution in [-0.4, -0.2) is 29.1 Å². The number of rotatable bonds is 3. The molecule has 144 valence electrons. The summed E-state index contributed by atoms with van der Waals surface area (Å²) >= 11 is 13.6. The van der Waals surface area contributed by atoms with Gasteiger partial charge >= 0.3 is 0 Å². The second kappa shape index (κ2) is 8.73. The zero-order chi connectivity index (χ0) is 19.5. The molecule has 28 heavy (non-hydrogen) atoms. The van der Waals surface area contributed by atoms with E-state index in [1.165, 1.54) is 17.3 Å². The van der Waals surface area contributed by atoms with Gasteiger partial charge in [0.15, 0.2) is 5.17 Å². The number of hydrogen-bond acceptors (Lipinski definition) is 3. The van der Waals surface area contributed by atoms with Gasteiger partial charge in [0.1, 0.15) is 0 Å². The number of piperidine rings is 1. The van der Waals surface area contributed by atoms with E-state index in [0.29, 0.717) is 20.9 Å². The van der Waals surface area contributed by atoms with Crippen LogP contribution in [0.15, 0.2) is 58.4 Å². The van der Waals surface area contributed by atoms with E-state index in [1.54, 1.807) is 18.2 Å². The summed E-state index contributed by atoms with van der Waals surface area (Å²) in [5, 5.41) is 1.91. The number of amidine groups is 1. The fourth-order valence-corrected chi connectivity index (χ4v) is 4.99. The highest BCUT2D eigenvalue weighted by molar-refractivity contribution is 8.18. The Morgan fingerprint density at radius 3 is 2.57 bits per heavy atom. The first-order valence-electron chi connectivity index (χ1n) is 9.35. The summed E-state index contributed by atoms with van der Waals surface area (Å²) in [7, 11) is 0. The first-order chi connectivity index (χ1) is 13.6. The molecule has 0 N–H and O–H groups in total. The van der Waals surface area contributed by atoms with Gasteiger partial charge in [0.2, 0.25) is 0 Å². The van der Waals surface area contributed by atoms with Gasteiger partial charge < -0.3 is 4.90 Å². The minimum atomic E-state index is -0.197. The number of aliphatic imine (C=N–C) groups is 1. The van der Waals surface area contributed by atoms with Gasteiger partial charge in [-0.05, 0) is 66.3 Å². The lowest BCUT2D eigenvalue weighted by atomic mass is 9.90. The predicted molar refractivity (Wildman–Crippen MR) is 119 cm³/mol. The summed E-state index contributed by atoms with van der Waals surface area (Å²) in [6.45, 7) is 1.87. The van der Waals surface area contributed by atoms with Gasteiger partial charge in [-0.2, -0.15) is 4.99 Å². The van der Waals surface area contributed by atoms with Crippen LogP contribution in [0.1, 0.15) is 24.0 Å². The number of carbonyl (C=O) groups is 1. The number of halogens is 2. The van der Waals surface area contributed by atoms with Gasteiger partial charge in [-0.3, -0.25) is 4.79 Å². The van der Waals surface area contributed by atoms with E-state index in [4.69, 9.17) is 23.2 Å². The fourth-order valence-electron chi connectivity index (χ4n) is 3.57. The van der Waals surface area contributed by atoms with Crippen molar-refractivity contribution in [2.75, 3.05) is 13.1 Å². The van der Waals surface area contributed by atoms with Crippen molar-refractivity contribution in [3.8, 4) is 0 Å². The molecular weight excluding hydrogens is 411 g/mol. The van der Waals surface area contributed by atoms with Crippen LogP contribution < -0.4 is 0 Å². The molecule has 0 aromatic heterocycles. The molecule has 3 nitrogen and oxygen atoms in total. The number of amides is 1. The number of nitrogens with zero attached hydrogens (tertiary/aromatic N) is 2. The maximum Gasteiger partial charge on any atom is 0.286 e. The molecule has 0 unspecified atom stereocenters. The Bertz CT molecular complexity index is 935. The first-order valence-corrected chi connectivity index (χ1v) is 10.9. The number of carbonyl (C=O) groups excluding carboxylic acids is 1. The monoisotopic (exact) mass is 430 g/mol. The zero-order valence-electron chi connectivity index (χ0n) is 15.3.